The summed E-state index contributed by atoms with van der Waals surface area (Å²) in [5.74, 6) is 0.812. The van der Waals surface area contributed by atoms with Crippen molar-refractivity contribution >= 4 is 29.4 Å². The maximum absolute atomic E-state index is 10.9. The van der Waals surface area contributed by atoms with Crippen molar-refractivity contribution in [2.45, 2.75) is 46.5 Å². The Labute approximate surface area is 201 Å². The molecule has 0 fully saturated rings. The molecule has 0 amide bonds. The first kappa shape index (κ1) is 23.6. The normalized spacial score (nSPS) is 17.5. The molecule has 0 radical (unpaired) electrons. The van der Waals surface area contributed by atoms with Crippen LogP contribution in [0.5, 0.6) is 5.88 Å². The molecule has 1 aromatic heterocycles. The van der Waals surface area contributed by atoms with Crippen molar-refractivity contribution in [2.75, 3.05) is 12.4 Å². The van der Waals surface area contributed by atoms with Crippen molar-refractivity contribution < 1.29 is 5.11 Å². The highest BCUT2D eigenvalue weighted by Gasteiger charge is 2.25. The smallest absolute Gasteiger partial charge is 0.198 e. The molecule has 2 aromatic carbocycles. The van der Waals surface area contributed by atoms with Crippen molar-refractivity contribution in [3.63, 3.8) is 0 Å². The molecule has 0 spiro atoms. The molecule has 1 heterocycles. The van der Waals surface area contributed by atoms with Gasteiger partial charge in [-0.15, -0.1) is 0 Å². The van der Waals surface area contributed by atoms with Crippen LogP contribution in [0.3, 0.4) is 0 Å². The van der Waals surface area contributed by atoms with E-state index in [1.807, 2.05) is 38.2 Å². The van der Waals surface area contributed by atoms with Crippen LogP contribution in [0.2, 0.25) is 0 Å². The third kappa shape index (κ3) is 4.30. The highest BCUT2D eigenvalue weighted by Crippen LogP contribution is 2.34. The molecule has 1 aliphatic carbocycles. The van der Waals surface area contributed by atoms with Crippen LogP contribution in [0.4, 0.5) is 5.69 Å². The summed E-state index contributed by atoms with van der Waals surface area (Å²) in [4.78, 5) is 7.76. The second-order valence-corrected chi connectivity index (χ2v) is 8.99. The molecule has 3 aromatic rings. The maximum atomic E-state index is 10.9. The average molecular weight is 455 g/mol. The van der Waals surface area contributed by atoms with Crippen LogP contribution in [-0.2, 0) is 6.42 Å². The lowest BCUT2D eigenvalue weighted by Gasteiger charge is -2.25. The summed E-state index contributed by atoms with van der Waals surface area (Å²) in [6.07, 6.45) is 6.53. The number of hydrogen-bond donors (Lipinski definition) is 4. The molecular weight excluding hydrogens is 420 g/mol. The Morgan fingerprint density at radius 1 is 1.15 bits per heavy atom. The molecule has 1 aliphatic rings. The van der Waals surface area contributed by atoms with E-state index < -0.39 is 0 Å². The van der Waals surface area contributed by atoms with Crippen LogP contribution in [0.15, 0.2) is 47.5 Å². The van der Waals surface area contributed by atoms with E-state index in [1.165, 1.54) is 16.7 Å². The van der Waals surface area contributed by atoms with Gasteiger partial charge in [0.25, 0.3) is 0 Å². The zero-order chi connectivity index (χ0) is 24.4. The number of H-pyrrole nitrogens is 1. The summed E-state index contributed by atoms with van der Waals surface area (Å²) in [5.41, 5.74) is 6.81. The number of fused-ring (bicyclic) bond motifs is 1. The number of para-hydroxylation sites is 1. The van der Waals surface area contributed by atoms with Crippen LogP contribution < -0.4 is 15.9 Å². The second kappa shape index (κ2) is 9.72. The minimum absolute atomic E-state index is 0.1000. The topological polar surface area (TPSA) is 84.3 Å². The molecule has 4 rings (SSSR count). The highest BCUT2D eigenvalue weighted by molar-refractivity contribution is 6.13. The Kier molecular flexibility index (Phi) is 6.73. The van der Waals surface area contributed by atoms with E-state index in [0.717, 1.165) is 34.7 Å². The van der Waals surface area contributed by atoms with E-state index in [4.69, 9.17) is 5.41 Å². The van der Waals surface area contributed by atoms with E-state index >= 15 is 0 Å². The summed E-state index contributed by atoms with van der Waals surface area (Å²) < 4.78 is 0. The summed E-state index contributed by atoms with van der Waals surface area (Å²) in [7, 11) is 1.83. The van der Waals surface area contributed by atoms with Crippen LogP contribution in [0, 0.1) is 18.3 Å². The lowest BCUT2D eigenvalue weighted by atomic mass is 9.78. The Morgan fingerprint density at radius 2 is 1.91 bits per heavy atom. The van der Waals surface area contributed by atoms with Gasteiger partial charge in [0.1, 0.15) is 0 Å². The molecule has 176 valence electrons. The lowest BCUT2D eigenvalue weighted by Crippen LogP contribution is -2.34. The molecule has 0 saturated heterocycles. The third-order valence-corrected chi connectivity index (χ3v) is 6.91. The van der Waals surface area contributed by atoms with Crippen molar-refractivity contribution in [2.24, 2.45) is 10.9 Å². The number of aromatic nitrogens is 1. The zero-order valence-corrected chi connectivity index (χ0v) is 20.7. The maximum Gasteiger partial charge on any atom is 0.198 e. The average Bonchev–Trinajstić information content (AvgIpc) is 3.17. The molecule has 5 nitrogen and oxygen atoms in total. The van der Waals surface area contributed by atoms with Crippen molar-refractivity contribution in [3.8, 4) is 5.88 Å². The Bertz CT molecular complexity index is 1380. The number of nitrogens with one attached hydrogen (secondary N) is 3. The van der Waals surface area contributed by atoms with Gasteiger partial charge < -0.3 is 15.4 Å². The standard InChI is InChI=1S/C29H34N4O/c1-6-19-13-12-17(3)22(14-19)23-16-24-26(15-20(23)7-2)33-29(34)27(24)18(4)32-28(30)21-10-8-9-11-25(21)31-5/h8-16,20,23,30-31,33-34H,6-7H2,1-5H3. The summed E-state index contributed by atoms with van der Waals surface area (Å²) in [6, 6.07) is 14.4. The number of benzene rings is 2. The van der Waals surface area contributed by atoms with Gasteiger partial charge in [-0.1, -0.05) is 56.3 Å². The minimum atomic E-state index is 0.1000. The number of anilines is 1. The number of aliphatic imine (C=N–C) groups is 1. The molecule has 34 heavy (non-hydrogen) atoms. The monoisotopic (exact) mass is 454 g/mol. The fourth-order valence-corrected chi connectivity index (χ4v) is 4.96. The van der Waals surface area contributed by atoms with Gasteiger partial charge in [0.05, 0.1) is 11.3 Å². The first-order valence-electron chi connectivity index (χ1n) is 12.0. The second-order valence-electron chi connectivity index (χ2n) is 8.99. The minimum Gasteiger partial charge on any atom is -0.494 e. The van der Waals surface area contributed by atoms with Crippen LogP contribution in [0.25, 0.3) is 12.2 Å². The number of amidine groups is 1. The van der Waals surface area contributed by atoms with E-state index in [0.29, 0.717) is 17.2 Å². The molecule has 5 heteroatoms. The number of rotatable bonds is 6. The zero-order valence-electron chi connectivity index (χ0n) is 20.7. The molecule has 0 aliphatic heterocycles. The third-order valence-electron chi connectivity index (χ3n) is 6.91. The van der Waals surface area contributed by atoms with Gasteiger partial charge in [-0.05, 0) is 61.4 Å². The van der Waals surface area contributed by atoms with E-state index in [1.54, 1.807) is 0 Å². The van der Waals surface area contributed by atoms with Crippen molar-refractivity contribution in [1.82, 2.24) is 4.98 Å². The highest BCUT2D eigenvalue weighted by atomic mass is 16.3. The Morgan fingerprint density at radius 3 is 2.62 bits per heavy atom. The van der Waals surface area contributed by atoms with Crippen LogP contribution in [0.1, 0.15) is 60.9 Å². The van der Waals surface area contributed by atoms with Gasteiger partial charge in [0, 0.05) is 34.8 Å². The first-order valence-corrected chi connectivity index (χ1v) is 12.0. The van der Waals surface area contributed by atoms with E-state index in [2.05, 4.69) is 66.4 Å². The van der Waals surface area contributed by atoms with E-state index in [9.17, 15) is 5.11 Å². The Hall–Kier alpha value is -3.60. The van der Waals surface area contributed by atoms with Crippen molar-refractivity contribution in [3.05, 3.63) is 80.8 Å². The Balaban J connectivity index is 1.83. The number of aryl methyl sites for hydroxylation is 2. The fraction of sp³-hybridized carbons (Fsp3) is 0.310. The number of aromatic amines is 1. The van der Waals surface area contributed by atoms with E-state index in [-0.39, 0.29) is 17.6 Å². The van der Waals surface area contributed by atoms with Crippen LogP contribution in [-0.4, -0.2) is 28.7 Å². The van der Waals surface area contributed by atoms with Gasteiger partial charge in [-0.3, -0.25) is 5.41 Å². The quantitative estimate of drug-likeness (QED) is 0.317. The SMILES string of the molecule is CCc1ccc(C)c(C2C=c3c(C(C)=NC(=N)c4ccccc4NC)c(O)[nH]c3=CC2CC)c1. The van der Waals surface area contributed by atoms with Gasteiger partial charge in [0.15, 0.2) is 11.7 Å². The predicted molar refractivity (Wildman–Crippen MR) is 143 cm³/mol. The first-order chi connectivity index (χ1) is 16.4. The fourth-order valence-electron chi connectivity index (χ4n) is 4.96. The van der Waals surface area contributed by atoms with Gasteiger partial charge in [-0.2, -0.15) is 0 Å². The molecule has 2 unspecified atom stereocenters. The molecule has 0 bridgehead atoms. The number of aromatic hydroxyl groups is 1. The van der Waals surface area contributed by atoms with Gasteiger partial charge >= 0.3 is 0 Å². The number of nitrogens with zero attached hydrogens (tertiary/aromatic N) is 1. The molecule has 4 N–H and O–H groups in total. The summed E-state index contributed by atoms with van der Waals surface area (Å²) >= 11 is 0. The molecular formula is C29H34N4O. The largest absolute Gasteiger partial charge is 0.494 e. The lowest BCUT2D eigenvalue weighted by molar-refractivity contribution is 0.455. The molecule has 2 atom stereocenters. The van der Waals surface area contributed by atoms with Gasteiger partial charge in [-0.25, -0.2) is 4.99 Å². The van der Waals surface area contributed by atoms with Crippen LogP contribution >= 0.6 is 0 Å². The van der Waals surface area contributed by atoms with Gasteiger partial charge in [0.2, 0.25) is 0 Å². The predicted octanol–water partition coefficient (Wildman–Crippen LogP) is 4.85. The summed E-state index contributed by atoms with van der Waals surface area (Å²) in [6.45, 7) is 8.43. The molecule has 0 saturated carbocycles. The number of hydrogen-bond acceptors (Lipinski definition) is 3. The summed E-state index contributed by atoms with van der Waals surface area (Å²) in [5, 5.41) is 24.4. The van der Waals surface area contributed by atoms with Crippen molar-refractivity contribution in [1.29, 1.82) is 5.41 Å².